The molecule has 6 amide bonds. The molecular formula is C48H72N8O12. The Morgan fingerprint density at radius 3 is 1.13 bits per heavy atom. The standard InChI is InChI=1S/C48H72N8O12/c1-45(2,3)65-39(57)51-37(49)53(43(61)67-47(7,8)9)27-19-25-35-29-56(42(60)64-32-34-23-17-14-18-24-34)36(30-55(35)41(59)63-31-33-21-15-13-16-22-33)26-20-28-54(44(62)68-48(10,11)12)38(50)52-40(58)66-46(4,5)6/h13-18,21-24,35-36H,19-20,25-32H2,1-12H3,(H2,49,51,57)(H2,50,52,58). The lowest BCUT2D eigenvalue weighted by Gasteiger charge is -2.45. The molecule has 1 saturated heterocycles. The summed E-state index contributed by atoms with van der Waals surface area (Å²) < 4.78 is 33.5. The molecule has 0 radical (unpaired) electrons. The van der Waals surface area contributed by atoms with E-state index in [1.807, 2.05) is 60.7 Å². The van der Waals surface area contributed by atoms with Crippen LogP contribution >= 0.6 is 0 Å². The minimum absolute atomic E-state index is 0.0370. The van der Waals surface area contributed by atoms with Crippen molar-refractivity contribution in [3.05, 3.63) is 71.8 Å². The predicted octanol–water partition coefficient (Wildman–Crippen LogP) is 8.55. The van der Waals surface area contributed by atoms with Crippen LogP contribution in [0.25, 0.3) is 0 Å². The predicted molar refractivity (Wildman–Crippen MR) is 254 cm³/mol. The third-order valence-electron chi connectivity index (χ3n) is 9.39. The van der Waals surface area contributed by atoms with Gasteiger partial charge in [-0.3, -0.25) is 0 Å². The molecular weight excluding hydrogens is 881 g/mol. The average Bonchev–Trinajstić information content (AvgIpc) is 3.20. The number of benzene rings is 2. The Morgan fingerprint density at radius 2 is 0.838 bits per heavy atom. The molecule has 1 heterocycles. The Bertz CT molecular complexity index is 1930. The zero-order valence-electron chi connectivity index (χ0n) is 41.7. The molecule has 0 spiro atoms. The van der Waals surface area contributed by atoms with Crippen LogP contribution < -0.4 is 11.5 Å². The summed E-state index contributed by atoms with van der Waals surface area (Å²) in [6.45, 7) is 19.6. The second-order valence-electron chi connectivity index (χ2n) is 20.1. The molecule has 376 valence electrons. The lowest BCUT2D eigenvalue weighted by atomic mass is 9.99. The third kappa shape index (κ3) is 20.5. The molecule has 2 atom stereocenters. The molecule has 1 fully saturated rings. The number of amides is 6. The van der Waals surface area contributed by atoms with Crippen LogP contribution in [0.5, 0.6) is 0 Å². The summed E-state index contributed by atoms with van der Waals surface area (Å²) in [5.74, 6) is -0.917. The summed E-state index contributed by atoms with van der Waals surface area (Å²) in [6, 6.07) is 16.8. The quantitative estimate of drug-likeness (QED) is 0.115. The van der Waals surface area contributed by atoms with Gasteiger partial charge in [0.1, 0.15) is 35.6 Å². The van der Waals surface area contributed by atoms with E-state index >= 15 is 0 Å². The van der Waals surface area contributed by atoms with Crippen molar-refractivity contribution < 1.29 is 57.2 Å². The maximum absolute atomic E-state index is 14.2. The van der Waals surface area contributed by atoms with Gasteiger partial charge in [-0.05, 0) is 120 Å². The molecule has 2 unspecified atom stereocenters. The van der Waals surface area contributed by atoms with Gasteiger partial charge in [0.2, 0.25) is 11.9 Å². The van der Waals surface area contributed by atoms with Crippen molar-refractivity contribution in [2.75, 3.05) is 26.2 Å². The molecule has 3 rings (SSSR count). The largest absolute Gasteiger partial charge is 0.445 e. The first-order valence-corrected chi connectivity index (χ1v) is 22.6. The fourth-order valence-corrected chi connectivity index (χ4v) is 6.58. The van der Waals surface area contributed by atoms with E-state index < -0.39 is 83.0 Å². The van der Waals surface area contributed by atoms with Crippen LogP contribution in [-0.4, -0.2) is 129 Å². The summed E-state index contributed by atoms with van der Waals surface area (Å²) in [5, 5.41) is 0. The molecule has 4 N–H and O–H groups in total. The number of carbonyl (C=O) groups is 6. The number of nitrogens with zero attached hydrogens (tertiary/aromatic N) is 6. The lowest BCUT2D eigenvalue weighted by molar-refractivity contribution is 0.00215. The van der Waals surface area contributed by atoms with Crippen LogP contribution in [0.2, 0.25) is 0 Å². The minimum atomic E-state index is -1.01. The van der Waals surface area contributed by atoms with E-state index in [-0.39, 0.29) is 65.1 Å². The molecule has 0 saturated carbocycles. The van der Waals surface area contributed by atoms with Crippen molar-refractivity contribution in [1.82, 2.24) is 19.6 Å². The molecule has 2 aromatic carbocycles. The number of aliphatic imine (C=N–C) groups is 2. The highest BCUT2D eigenvalue weighted by Gasteiger charge is 2.40. The van der Waals surface area contributed by atoms with Gasteiger partial charge in [-0.1, -0.05) is 60.7 Å². The van der Waals surface area contributed by atoms with Gasteiger partial charge in [-0.25, -0.2) is 38.6 Å². The number of carbonyl (C=O) groups excluding carboxylic acids is 6. The maximum Gasteiger partial charge on any atom is 0.437 e. The fourth-order valence-electron chi connectivity index (χ4n) is 6.58. The molecule has 0 bridgehead atoms. The van der Waals surface area contributed by atoms with Gasteiger partial charge in [0.05, 0.1) is 12.1 Å². The Morgan fingerprint density at radius 1 is 0.529 bits per heavy atom. The fraction of sp³-hybridized carbons (Fsp3) is 0.583. The van der Waals surface area contributed by atoms with Gasteiger partial charge in [-0.2, -0.15) is 0 Å². The number of hydrogen-bond donors (Lipinski definition) is 2. The number of piperazine rings is 1. The van der Waals surface area contributed by atoms with Gasteiger partial charge in [0.15, 0.2) is 0 Å². The Balaban J connectivity index is 2.00. The minimum Gasteiger partial charge on any atom is -0.445 e. The van der Waals surface area contributed by atoms with Crippen molar-refractivity contribution >= 4 is 48.5 Å². The lowest BCUT2D eigenvalue weighted by Crippen LogP contribution is -2.61. The first kappa shape index (κ1) is 55.7. The van der Waals surface area contributed by atoms with Crippen LogP contribution in [-0.2, 0) is 41.6 Å². The van der Waals surface area contributed by atoms with E-state index in [0.717, 1.165) is 20.9 Å². The number of hydrogen-bond acceptors (Lipinski definition) is 12. The normalized spacial score (nSPS) is 16.0. The summed E-state index contributed by atoms with van der Waals surface area (Å²) in [7, 11) is 0. The number of ether oxygens (including phenoxy) is 6. The Hall–Kier alpha value is -6.60. The van der Waals surface area contributed by atoms with Crippen LogP contribution in [0.3, 0.4) is 0 Å². The third-order valence-corrected chi connectivity index (χ3v) is 9.39. The summed E-state index contributed by atoms with van der Waals surface area (Å²) in [5.41, 5.74) is 10.3. The Kier molecular flexibility index (Phi) is 20.0. The van der Waals surface area contributed by atoms with Gasteiger partial charge in [-0.15, -0.1) is 9.98 Å². The second-order valence-corrected chi connectivity index (χ2v) is 20.1. The monoisotopic (exact) mass is 953 g/mol. The van der Waals surface area contributed by atoms with E-state index in [2.05, 4.69) is 9.98 Å². The smallest absolute Gasteiger partial charge is 0.437 e. The van der Waals surface area contributed by atoms with Crippen LogP contribution in [0.4, 0.5) is 28.8 Å². The molecule has 1 aliphatic rings. The summed E-state index contributed by atoms with van der Waals surface area (Å²) >= 11 is 0. The molecule has 2 aromatic rings. The van der Waals surface area contributed by atoms with Crippen LogP contribution in [0.1, 0.15) is 120 Å². The molecule has 1 aliphatic heterocycles. The maximum atomic E-state index is 14.2. The van der Waals surface area contributed by atoms with Gasteiger partial charge < -0.3 is 49.7 Å². The van der Waals surface area contributed by atoms with Crippen molar-refractivity contribution in [3.8, 4) is 0 Å². The topological polar surface area (TPSA) is 248 Å². The van der Waals surface area contributed by atoms with Gasteiger partial charge in [0, 0.05) is 26.2 Å². The van der Waals surface area contributed by atoms with E-state index in [1.165, 1.54) is 9.80 Å². The SMILES string of the molecule is CC(C)(C)OC(=O)N=C(N)N(CCCC1CN(C(=O)OCc2ccccc2)C(CCCN(C(=O)OC(C)(C)C)/C(N)=N\C(=O)OC(C)(C)C)CN1C(=O)OCc1ccccc1)C(=O)OC(C)(C)C. The average molecular weight is 953 g/mol. The second kappa shape index (κ2) is 24.4. The van der Waals surface area contributed by atoms with Crippen molar-refractivity contribution in [2.24, 2.45) is 21.5 Å². The van der Waals surface area contributed by atoms with Crippen molar-refractivity contribution in [3.63, 3.8) is 0 Å². The van der Waals surface area contributed by atoms with Crippen LogP contribution in [0.15, 0.2) is 70.6 Å². The summed E-state index contributed by atoms with van der Waals surface area (Å²) in [6.07, 6.45) is -4.34. The zero-order valence-corrected chi connectivity index (χ0v) is 41.7. The number of rotatable bonds is 12. The molecule has 20 nitrogen and oxygen atoms in total. The highest BCUT2D eigenvalue weighted by Crippen LogP contribution is 2.26. The van der Waals surface area contributed by atoms with E-state index in [0.29, 0.717) is 0 Å². The zero-order chi connectivity index (χ0) is 51.0. The molecule has 0 aliphatic carbocycles. The molecule has 68 heavy (non-hydrogen) atoms. The number of guanidine groups is 2. The Labute approximate surface area is 400 Å². The van der Waals surface area contributed by atoms with E-state index in [4.69, 9.17) is 39.9 Å². The van der Waals surface area contributed by atoms with Gasteiger partial charge >= 0.3 is 36.6 Å². The molecule has 20 heteroatoms. The highest BCUT2D eigenvalue weighted by molar-refractivity contribution is 5.98. The van der Waals surface area contributed by atoms with Crippen molar-refractivity contribution in [1.29, 1.82) is 0 Å². The van der Waals surface area contributed by atoms with Crippen molar-refractivity contribution in [2.45, 2.75) is 156 Å². The van der Waals surface area contributed by atoms with Crippen LogP contribution in [0, 0.1) is 0 Å². The van der Waals surface area contributed by atoms with E-state index in [1.54, 1.807) is 83.1 Å². The molecule has 0 aromatic heterocycles. The first-order chi connectivity index (χ1) is 31.5. The number of nitrogens with two attached hydrogens (primary N) is 2. The summed E-state index contributed by atoms with van der Waals surface area (Å²) in [4.78, 5) is 93.3. The first-order valence-electron chi connectivity index (χ1n) is 22.6. The highest BCUT2D eigenvalue weighted by atomic mass is 16.6. The van der Waals surface area contributed by atoms with E-state index in [9.17, 15) is 28.8 Å². The van der Waals surface area contributed by atoms with Gasteiger partial charge in [0.25, 0.3) is 0 Å².